The van der Waals surface area contributed by atoms with Gasteiger partial charge in [-0.05, 0) is 29.8 Å². The number of hydrogen-bond acceptors (Lipinski definition) is 2. The second-order valence-electron chi connectivity index (χ2n) is 5.29. The standard InChI is InChI=1S/C17H17NO.C2H6/c1-11(2)16-10-18-17(19-16)14-7-6-13-5-4-12(3)8-15(13)9-14;1-2/h4-11H,1-3H3;1-2H3. The summed E-state index contributed by atoms with van der Waals surface area (Å²) in [6.45, 7) is 10.3. The van der Waals surface area contributed by atoms with Crippen LogP contribution < -0.4 is 0 Å². The van der Waals surface area contributed by atoms with E-state index in [1.54, 1.807) is 0 Å². The van der Waals surface area contributed by atoms with Gasteiger partial charge in [-0.15, -0.1) is 0 Å². The molecule has 3 aromatic rings. The van der Waals surface area contributed by atoms with Gasteiger partial charge in [-0.25, -0.2) is 4.98 Å². The Bertz CT molecular complexity index is 725. The van der Waals surface area contributed by atoms with E-state index in [-0.39, 0.29) is 0 Å². The Balaban J connectivity index is 0.000000774. The largest absolute Gasteiger partial charge is 0.441 e. The van der Waals surface area contributed by atoms with Gasteiger partial charge >= 0.3 is 0 Å². The highest BCUT2D eigenvalue weighted by molar-refractivity contribution is 5.86. The Kier molecular flexibility index (Phi) is 4.79. The molecule has 2 heteroatoms. The first kappa shape index (κ1) is 15.3. The highest BCUT2D eigenvalue weighted by Crippen LogP contribution is 2.26. The summed E-state index contributed by atoms with van der Waals surface area (Å²) in [5.74, 6) is 2.00. The molecule has 0 amide bonds. The zero-order valence-corrected chi connectivity index (χ0v) is 13.5. The van der Waals surface area contributed by atoms with Gasteiger partial charge in [-0.1, -0.05) is 57.5 Å². The first-order valence-corrected chi connectivity index (χ1v) is 7.60. The lowest BCUT2D eigenvalue weighted by atomic mass is 10.0. The van der Waals surface area contributed by atoms with Crippen LogP contribution in [0.5, 0.6) is 0 Å². The number of aromatic nitrogens is 1. The van der Waals surface area contributed by atoms with E-state index in [0.29, 0.717) is 11.8 Å². The molecule has 0 aliphatic carbocycles. The van der Waals surface area contributed by atoms with Gasteiger partial charge in [0.2, 0.25) is 5.89 Å². The molecule has 0 aliphatic rings. The summed E-state index contributed by atoms with van der Waals surface area (Å²) in [7, 11) is 0. The average Bonchev–Trinajstić information content (AvgIpc) is 2.98. The van der Waals surface area contributed by atoms with Crippen LogP contribution in [-0.4, -0.2) is 4.98 Å². The second kappa shape index (κ2) is 6.57. The van der Waals surface area contributed by atoms with E-state index >= 15 is 0 Å². The van der Waals surface area contributed by atoms with Crippen molar-refractivity contribution in [3.8, 4) is 11.5 Å². The molecule has 1 aromatic heterocycles. The van der Waals surface area contributed by atoms with Crippen molar-refractivity contribution in [3.05, 3.63) is 53.9 Å². The van der Waals surface area contributed by atoms with Crippen LogP contribution >= 0.6 is 0 Å². The van der Waals surface area contributed by atoms with Gasteiger partial charge in [-0.2, -0.15) is 0 Å². The molecule has 2 nitrogen and oxygen atoms in total. The fraction of sp³-hybridized carbons (Fsp3) is 0.316. The van der Waals surface area contributed by atoms with Gasteiger partial charge in [0.15, 0.2) is 0 Å². The monoisotopic (exact) mass is 281 g/mol. The average molecular weight is 281 g/mol. The van der Waals surface area contributed by atoms with E-state index in [1.807, 2.05) is 20.0 Å². The maximum absolute atomic E-state index is 5.80. The zero-order valence-electron chi connectivity index (χ0n) is 13.5. The molecule has 0 bridgehead atoms. The normalized spacial score (nSPS) is 10.6. The molecular formula is C19H23NO. The predicted molar refractivity (Wildman–Crippen MR) is 89.6 cm³/mol. The first-order chi connectivity index (χ1) is 10.1. The SMILES string of the molecule is CC.Cc1ccc2ccc(-c3ncc(C(C)C)o3)cc2c1. The lowest BCUT2D eigenvalue weighted by Gasteiger charge is -2.02. The maximum Gasteiger partial charge on any atom is 0.226 e. The van der Waals surface area contributed by atoms with Gasteiger partial charge in [0.05, 0.1) is 6.20 Å². The van der Waals surface area contributed by atoms with E-state index in [4.69, 9.17) is 4.42 Å². The smallest absolute Gasteiger partial charge is 0.226 e. The summed E-state index contributed by atoms with van der Waals surface area (Å²) in [6, 6.07) is 12.8. The van der Waals surface area contributed by atoms with Crippen LogP contribution in [0.1, 0.15) is 44.9 Å². The molecule has 0 saturated carbocycles. The van der Waals surface area contributed by atoms with Gasteiger partial charge in [0, 0.05) is 11.5 Å². The van der Waals surface area contributed by atoms with Crippen LogP contribution in [0.15, 0.2) is 47.0 Å². The van der Waals surface area contributed by atoms with Crippen molar-refractivity contribution in [2.45, 2.75) is 40.5 Å². The molecule has 21 heavy (non-hydrogen) atoms. The number of aryl methyl sites for hydroxylation is 1. The fourth-order valence-electron chi connectivity index (χ4n) is 2.19. The van der Waals surface area contributed by atoms with E-state index in [2.05, 4.69) is 62.2 Å². The fourth-order valence-corrected chi connectivity index (χ4v) is 2.19. The number of fused-ring (bicyclic) bond motifs is 1. The quantitative estimate of drug-likeness (QED) is 0.580. The minimum absolute atomic E-state index is 0.365. The van der Waals surface area contributed by atoms with Crippen LogP contribution in [0.3, 0.4) is 0 Å². The molecule has 0 spiro atoms. The van der Waals surface area contributed by atoms with Crippen molar-refractivity contribution in [2.75, 3.05) is 0 Å². The van der Waals surface area contributed by atoms with Gasteiger partial charge < -0.3 is 4.42 Å². The summed E-state index contributed by atoms with van der Waals surface area (Å²) in [5.41, 5.74) is 2.30. The third-order valence-corrected chi connectivity index (χ3v) is 3.34. The molecular weight excluding hydrogens is 258 g/mol. The highest BCUT2D eigenvalue weighted by atomic mass is 16.4. The molecule has 110 valence electrons. The molecule has 2 aromatic carbocycles. The number of hydrogen-bond donors (Lipinski definition) is 0. The summed E-state index contributed by atoms with van der Waals surface area (Å²) >= 11 is 0. The summed E-state index contributed by atoms with van der Waals surface area (Å²) in [5, 5.41) is 2.46. The van der Waals surface area contributed by atoms with E-state index in [9.17, 15) is 0 Å². The second-order valence-corrected chi connectivity index (χ2v) is 5.29. The topological polar surface area (TPSA) is 26.0 Å². The number of benzene rings is 2. The van der Waals surface area contributed by atoms with E-state index in [1.165, 1.54) is 16.3 Å². The van der Waals surface area contributed by atoms with Crippen LogP contribution in [0.4, 0.5) is 0 Å². The van der Waals surface area contributed by atoms with Crippen molar-refractivity contribution in [1.82, 2.24) is 4.98 Å². The summed E-state index contributed by atoms with van der Waals surface area (Å²) < 4.78 is 5.80. The Morgan fingerprint density at radius 1 is 0.952 bits per heavy atom. The maximum atomic E-state index is 5.80. The Labute approximate surface area is 126 Å². The van der Waals surface area contributed by atoms with Crippen molar-refractivity contribution in [1.29, 1.82) is 0 Å². The highest BCUT2D eigenvalue weighted by Gasteiger charge is 2.09. The first-order valence-electron chi connectivity index (χ1n) is 7.60. The molecule has 0 atom stereocenters. The van der Waals surface area contributed by atoms with Crippen LogP contribution in [0.2, 0.25) is 0 Å². The summed E-state index contributed by atoms with van der Waals surface area (Å²) in [6.07, 6.45) is 1.82. The van der Waals surface area contributed by atoms with Gasteiger partial charge in [0.1, 0.15) is 5.76 Å². The van der Waals surface area contributed by atoms with E-state index in [0.717, 1.165) is 11.3 Å². The van der Waals surface area contributed by atoms with Crippen LogP contribution in [-0.2, 0) is 0 Å². The lowest BCUT2D eigenvalue weighted by Crippen LogP contribution is -1.81. The lowest BCUT2D eigenvalue weighted by molar-refractivity contribution is 0.495. The third kappa shape index (κ3) is 3.33. The predicted octanol–water partition coefficient (Wildman–Crippen LogP) is 5.95. The molecule has 3 rings (SSSR count). The van der Waals surface area contributed by atoms with Crippen molar-refractivity contribution >= 4 is 10.8 Å². The van der Waals surface area contributed by atoms with Crippen LogP contribution in [0.25, 0.3) is 22.2 Å². The minimum atomic E-state index is 0.365. The molecule has 0 fully saturated rings. The molecule has 0 unspecified atom stereocenters. The molecule has 0 N–H and O–H groups in total. The number of rotatable bonds is 2. The van der Waals surface area contributed by atoms with Gasteiger partial charge in [-0.3, -0.25) is 0 Å². The van der Waals surface area contributed by atoms with Crippen molar-refractivity contribution in [2.24, 2.45) is 0 Å². The summed E-state index contributed by atoms with van der Waals surface area (Å²) in [4.78, 5) is 4.37. The number of oxazole rings is 1. The van der Waals surface area contributed by atoms with Crippen LogP contribution in [0, 0.1) is 6.92 Å². The van der Waals surface area contributed by atoms with Crippen molar-refractivity contribution < 1.29 is 4.42 Å². The zero-order chi connectivity index (χ0) is 15.4. The molecule has 0 saturated heterocycles. The van der Waals surface area contributed by atoms with Gasteiger partial charge in [0.25, 0.3) is 0 Å². The minimum Gasteiger partial charge on any atom is -0.441 e. The van der Waals surface area contributed by atoms with E-state index < -0.39 is 0 Å². The Morgan fingerprint density at radius 3 is 2.33 bits per heavy atom. The van der Waals surface area contributed by atoms with Crippen molar-refractivity contribution in [3.63, 3.8) is 0 Å². The molecule has 0 radical (unpaired) electrons. The Morgan fingerprint density at radius 2 is 1.67 bits per heavy atom. The molecule has 1 heterocycles. The third-order valence-electron chi connectivity index (χ3n) is 3.34. The molecule has 0 aliphatic heterocycles. The number of nitrogens with zero attached hydrogens (tertiary/aromatic N) is 1. The Hall–Kier alpha value is -2.09.